The SMILES string of the molecule is Cc1cc(Cl)ccc1-c1nc(N2CC(C)NC(C)C2)n[nH]1. The van der Waals surface area contributed by atoms with E-state index in [-0.39, 0.29) is 0 Å². The zero-order chi connectivity index (χ0) is 15.0. The first-order chi connectivity index (χ1) is 10.0. The second-order valence-electron chi connectivity index (χ2n) is 5.82. The van der Waals surface area contributed by atoms with Crippen LogP contribution in [0.3, 0.4) is 0 Å². The van der Waals surface area contributed by atoms with Crippen LogP contribution in [-0.2, 0) is 0 Å². The molecule has 2 N–H and O–H groups in total. The lowest BCUT2D eigenvalue weighted by atomic mass is 10.1. The highest BCUT2D eigenvalue weighted by molar-refractivity contribution is 6.30. The molecule has 0 amide bonds. The van der Waals surface area contributed by atoms with Crippen molar-refractivity contribution in [3.05, 3.63) is 28.8 Å². The van der Waals surface area contributed by atoms with E-state index in [0.717, 1.165) is 41.0 Å². The predicted molar refractivity (Wildman–Crippen MR) is 85.8 cm³/mol. The fraction of sp³-hybridized carbons (Fsp3) is 0.467. The molecule has 0 aliphatic carbocycles. The molecule has 2 aromatic rings. The van der Waals surface area contributed by atoms with Crippen molar-refractivity contribution in [1.29, 1.82) is 0 Å². The zero-order valence-electron chi connectivity index (χ0n) is 12.5. The number of nitrogens with one attached hydrogen (secondary N) is 2. The summed E-state index contributed by atoms with van der Waals surface area (Å²) in [4.78, 5) is 6.87. The Kier molecular flexibility index (Phi) is 3.87. The lowest BCUT2D eigenvalue weighted by Crippen LogP contribution is -2.54. The molecular weight excluding hydrogens is 286 g/mol. The molecule has 1 aromatic heterocycles. The van der Waals surface area contributed by atoms with Crippen LogP contribution >= 0.6 is 11.6 Å². The van der Waals surface area contributed by atoms with E-state index in [0.29, 0.717) is 12.1 Å². The van der Waals surface area contributed by atoms with Gasteiger partial charge < -0.3 is 10.2 Å². The van der Waals surface area contributed by atoms with Crippen molar-refractivity contribution in [2.75, 3.05) is 18.0 Å². The van der Waals surface area contributed by atoms with Crippen LogP contribution in [0.4, 0.5) is 5.95 Å². The summed E-state index contributed by atoms with van der Waals surface area (Å²) in [6.45, 7) is 8.22. The number of H-pyrrole nitrogens is 1. The van der Waals surface area contributed by atoms with Gasteiger partial charge in [0, 0.05) is 35.8 Å². The monoisotopic (exact) mass is 305 g/mol. The first kappa shape index (κ1) is 14.4. The third kappa shape index (κ3) is 3.04. The maximum Gasteiger partial charge on any atom is 0.245 e. The molecule has 112 valence electrons. The second-order valence-corrected chi connectivity index (χ2v) is 6.25. The number of halogens is 1. The Balaban J connectivity index is 1.86. The molecule has 0 bridgehead atoms. The number of aryl methyl sites for hydroxylation is 1. The quantitative estimate of drug-likeness (QED) is 0.895. The minimum absolute atomic E-state index is 0.438. The fourth-order valence-electron chi connectivity index (χ4n) is 2.90. The van der Waals surface area contributed by atoms with Crippen molar-refractivity contribution in [3.63, 3.8) is 0 Å². The molecular formula is C15H20ClN5. The summed E-state index contributed by atoms with van der Waals surface area (Å²) in [7, 11) is 0. The van der Waals surface area contributed by atoms with Crippen molar-refractivity contribution in [3.8, 4) is 11.4 Å². The van der Waals surface area contributed by atoms with Crippen molar-refractivity contribution in [1.82, 2.24) is 20.5 Å². The minimum Gasteiger partial charge on any atom is -0.336 e. The molecule has 2 unspecified atom stereocenters. The average Bonchev–Trinajstić information content (AvgIpc) is 2.87. The van der Waals surface area contributed by atoms with Gasteiger partial charge in [0.2, 0.25) is 5.95 Å². The molecule has 0 radical (unpaired) electrons. The molecule has 2 atom stereocenters. The molecule has 6 heteroatoms. The van der Waals surface area contributed by atoms with Gasteiger partial charge in [0.25, 0.3) is 0 Å². The fourth-order valence-corrected chi connectivity index (χ4v) is 3.12. The van der Waals surface area contributed by atoms with Gasteiger partial charge in [0.15, 0.2) is 5.82 Å². The van der Waals surface area contributed by atoms with Crippen LogP contribution in [0.1, 0.15) is 19.4 Å². The van der Waals surface area contributed by atoms with E-state index < -0.39 is 0 Å². The molecule has 1 aliphatic rings. The van der Waals surface area contributed by atoms with Crippen molar-refractivity contribution in [2.45, 2.75) is 32.9 Å². The van der Waals surface area contributed by atoms with Gasteiger partial charge in [-0.15, -0.1) is 5.10 Å². The number of rotatable bonds is 2. The maximum atomic E-state index is 6.00. The van der Waals surface area contributed by atoms with E-state index in [1.165, 1.54) is 0 Å². The molecule has 3 rings (SSSR count). The number of anilines is 1. The van der Waals surface area contributed by atoms with Gasteiger partial charge in [-0.3, -0.25) is 5.10 Å². The van der Waals surface area contributed by atoms with E-state index in [1.54, 1.807) is 0 Å². The lowest BCUT2D eigenvalue weighted by molar-refractivity contribution is 0.403. The van der Waals surface area contributed by atoms with Crippen LogP contribution in [0.2, 0.25) is 5.02 Å². The van der Waals surface area contributed by atoms with E-state index in [4.69, 9.17) is 11.6 Å². The molecule has 1 fully saturated rings. The van der Waals surface area contributed by atoms with Crippen molar-refractivity contribution < 1.29 is 0 Å². The summed E-state index contributed by atoms with van der Waals surface area (Å²) in [5, 5.41) is 11.7. The Bertz CT molecular complexity index is 629. The molecule has 0 saturated carbocycles. The molecule has 2 heterocycles. The standard InChI is InChI=1S/C15H20ClN5/c1-9-6-12(16)4-5-13(9)14-18-15(20-19-14)21-7-10(2)17-11(3)8-21/h4-6,10-11,17H,7-8H2,1-3H3,(H,18,19,20). The highest BCUT2D eigenvalue weighted by atomic mass is 35.5. The molecule has 1 aliphatic heterocycles. The van der Waals surface area contributed by atoms with Gasteiger partial charge in [-0.05, 0) is 44.5 Å². The zero-order valence-corrected chi connectivity index (χ0v) is 13.3. The number of hydrogen-bond acceptors (Lipinski definition) is 4. The van der Waals surface area contributed by atoms with E-state index in [2.05, 4.69) is 39.2 Å². The Hall–Kier alpha value is -1.59. The third-order valence-electron chi connectivity index (χ3n) is 3.76. The Labute approximate surface area is 129 Å². The first-order valence-electron chi connectivity index (χ1n) is 7.23. The average molecular weight is 306 g/mol. The number of aromatic nitrogens is 3. The lowest BCUT2D eigenvalue weighted by Gasteiger charge is -2.35. The van der Waals surface area contributed by atoms with E-state index >= 15 is 0 Å². The Morgan fingerprint density at radius 3 is 2.62 bits per heavy atom. The Morgan fingerprint density at radius 1 is 1.24 bits per heavy atom. The van der Waals surface area contributed by atoms with Gasteiger partial charge >= 0.3 is 0 Å². The largest absolute Gasteiger partial charge is 0.336 e. The Morgan fingerprint density at radius 2 is 1.95 bits per heavy atom. The summed E-state index contributed by atoms with van der Waals surface area (Å²) < 4.78 is 0. The highest BCUT2D eigenvalue weighted by Crippen LogP contribution is 2.24. The number of benzene rings is 1. The second kappa shape index (κ2) is 5.66. The van der Waals surface area contributed by atoms with Crippen LogP contribution in [0.25, 0.3) is 11.4 Å². The smallest absolute Gasteiger partial charge is 0.245 e. The van der Waals surface area contributed by atoms with Gasteiger partial charge in [0.1, 0.15) is 0 Å². The number of aromatic amines is 1. The summed E-state index contributed by atoms with van der Waals surface area (Å²) in [6.07, 6.45) is 0. The molecule has 0 spiro atoms. The van der Waals surface area contributed by atoms with Crippen LogP contribution in [0.5, 0.6) is 0 Å². The van der Waals surface area contributed by atoms with Crippen LogP contribution in [0.15, 0.2) is 18.2 Å². The highest BCUT2D eigenvalue weighted by Gasteiger charge is 2.24. The number of nitrogens with zero attached hydrogens (tertiary/aromatic N) is 3. The van der Waals surface area contributed by atoms with Crippen LogP contribution < -0.4 is 10.2 Å². The molecule has 1 saturated heterocycles. The predicted octanol–water partition coefficient (Wildman–Crippen LogP) is 2.62. The molecule has 5 nitrogen and oxygen atoms in total. The van der Waals surface area contributed by atoms with Gasteiger partial charge in [-0.2, -0.15) is 4.98 Å². The van der Waals surface area contributed by atoms with Gasteiger partial charge in [-0.1, -0.05) is 11.6 Å². The van der Waals surface area contributed by atoms with Crippen LogP contribution in [-0.4, -0.2) is 40.4 Å². The van der Waals surface area contributed by atoms with Crippen molar-refractivity contribution >= 4 is 17.5 Å². The molecule has 21 heavy (non-hydrogen) atoms. The topological polar surface area (TPSA) is 56.8 Å². The van der Waals surface area contributed by atoms with Gasteiger partial charge in [-0.25, -0.2) is 0 Å². The van der Waals surface area contributed by atoms with Crippen molar-refractivity contribution in [2.24, 2.45) is 0 Å². The van der Waals surface area contributed by atoms with Gasteiger partial charge in [0.05, 0.1) is 0 Å². The van der Waals surface area contributed by atoms with E-state index in [9.17, 15) is 0 Å². The summed E-state index contributed by atoms with van der Waals surface area (Å²) in [5.74, 6) is 1.55. The summed E-state index contributed by atoms with van der Waals surface area (Å²) >= 11 is 6.00. The summed E-state index contributed by atoms with van der Waals surface area (Å²) in [5.41, 5.74) is 2.13. The number of hydrogen-bond donors (Lipinski definition) is 2. The summed E-state index contributed by atoms with van der Waals surface area (Å²) in [6, 6.07) is 6.67. The third-order valence-corrected chi connectivity index (χ3v) is 3.99. The molecule has 1 aromatic carbocycles. The van der Waals surface area contributed by atoms with E-state index in [1.807, 2.05) is 25.1 Å². The minimum atomic E-state index is 0.438. The van der Waals surface area contributed by atoms with Crippen LogP contribution in [0, 0.1) is 6.92 Å². The first-order valence-corrected chi connectivity index (χ1v) is 7.60. The normalized spacial score (nSPS) is 22.6. The number of piperazine rings is 1. The maximum absolute atomic E-state index is 6.00.